The van der Waals surface area contributed by atoms with Gasteiger partial charge in [-0.3, -0.25) is 4.79 Å². The van der Waals surface area contributed by atoms with Gasteiger partial charge in [0.1, 0.15) is 0 Å². The van der Waals surface area contributed by atoms with E-state index in [0.717, 1.165) is 11.3 Å². The Morgan fingerprint density at radius 1 is 1.13 bits per heavy atom. The minimum atomic E-state index is -0.830. The molecule has 0 unspecified atom stereocenters. The van der Waals surface area contributed by atoms with Crippen LogP contribution in [0.25, 0.3) is 21.2 Å². The van der Waals surface area contributed by atoms with Gasteiger partial charge in [-0.25, -0.2) is 0 Å². The number of benzene rings is 2. The molecule has 1 aromatic heterocycles. The molecule has 0 atom stereocenters. The predicted molar refractivity (Wildman–Crippen MR) is 96.0 cm³/mol. The summed E-state index contributed by atoms with van der Waals surface area (Å²) in [5, 5.41) is 12.9. The van der Waals surface area contributed by atoms with Gasteiger partial charge in [0.05, 0.1) is 6.54 Å². The lowest BCUT2D eigenvalue weighted by atomic mass is 9.97. The lowest BCUT2D eigenvalue weighted by Crippen LogP contribution is -2.21. The van der Waals surface area contributed by atoms with Crippen LogP contribution in [0.5, 0.6) is 0 Å². The minimum Gasteiger partial charge on any atom is -0.480 e. The number of fused-ring (bicyclic) bond motifs is 1. The van der Waals surface area contributed by atoms with Crippen LogP contribution in [-0.2, 0) is 17.8 Å². The van der Waals surface area contributed by atoms with Crippen LogP contribution >= 0.6 is 11.3 Å². The van der Waals surface area contributed by atoms with Crippen molar-refractivity contribution in [2.24, 2.45) is 0 Å². The largest absolute Gasteiger partial charge is 0.480 e. The standard InChI is InChI=1S/C19H19NO2S/c1-2-13-6-3-4-8-16(13)17-9-5-7-14-10-15(23-19(14)17)11-20-12-18(21)22/h3-10,20H,2,11-12H2,1H3,(H,21,22). The quantitative estimate of drug-likeness (QED) is 0.710. The lowest BCUT2D eigenvalue weighted by Gasteiger charge is -2.08. The zero-order valence-electron chi connectivity index (χ0n) is 13.0. The molecule has 0 fully saturated rings. The molecule has 23 heavy (non-hydrogen) atoms. The van der Waals surface area contributed by atoms with Crippen LogP contribution in [0, 0.1) is 0 Å². The van der Waals surface area contributed by atoms with Gasteiger partial charge in [0, 0.05) is 16.1 Å². The molecule has 4 heteroatoms. The molecule has 2 N–H and O–H groups in total. The van der Waals surface area contributed by atoms with Crippen molar-refractivity contribution in [3.8, 4) is 11.1 Å². The molecule has 0 saturated heterocycles. The molecular weight excluding hydrogens is 306 g/mol. The van der Waals surface area contributed by atoms with E-state index < -0.39 is 5.97 Å². The number of carboxylic acids is 1. The summed E-state index contributed by atoms with van der Waals surface area (Å²) in [6.45, 7) is 2.74. The molecule has 0 aliphatic carbocycles. The van der Waals surface area contributed by atoms with Crippen LogP contribution in [0.15, 0.2) is 48.5 Å². The van der Waals surface area contributed by atoms with Crippen LogP contribution < -0.4 is 5.32 Å². The van der Waals surface area contributed by atoms with Crippen molar-refractivity contribution >= 4 is 27.4 Å². The molecule has 2 aromatic carbocycles. The summed E-state index contributed by atoms with van der Waals surface area (Å²) in [6, 6.07) is 17.0. The van der Waals surface area contributed by atoms with Gasteiger partial charge in [-0.15, -0.1) is 11.3 Å². The van der Waals surface area contributed by atoms with E-state index in [1.165, 1.54) is 26.8 Å². The Hall–Kier alpha value is -2.17. The highest BCUT2D eigenvalue weighted by Crippen LogP contribution is 2.36. The summed E-state index contributed by atoms with van der Waals surface area (Å²) in [6.07, 6.45) is 1.00. The van der Waals surface area contributed by atoms with Gasteiger partial charge in [-0.1, -0.05) is 49.4 Å². The zero-order valence-corrected chi connectivity index (χ0v) is 13.8. The highest BCUT2D eigenvalue weighted by atomic mass is 32.1. The Morgan fingerprint density at radius 3 is 2.70 bits per heavy atom. The molecular formula is C19H19NO2S. The number of aliphatic carboxylic acids is 1. The second kappa shape index (κ2) is 6.94. The number of carbonyl (C=O) groups is 1. The molecule has 0 aliphatic rings. The molecule has 0 aliphatic heterocycles. The van der Waals surface area contributed by atoms with E-state index in [-0.39, 0.29) is 6.54 Å². The zero-order chi connectivity index (χ0) is 16.2. The second-order valence-electron chi connectivity index (χ2n) is 5.44. The summed E-state index contributed by atoms with van der Waals surface area (Å²) in [5.41, 5.74) is 3.89. The van der Waals surface area contributed by atoms with Crippen LogP contribution in [-0.4, -0.2) is 17.6 Å². The maximum atomic E-state index is 10.6. The maximum Gasteiger partial charge on any atom is 0.317 e. The average Bonchev–Trinajstić information content (AvgIpc) is 2.97. The minimum absolute atomic E-state index is 0.0141. The first-order chi connectivity index (χ1) is 11.2. The van der Waals surface area contributed by atoms with Crippen molar-refractivity contribution in [2.45, 2.75) is 19.9 Å². The smallest absolute Gasteiger partial charge is 0.317 e. The van der Waals surface area contributed by atoms with E-state index in [2.05, 4.69) is 60.8 Å². The summed E-state index contributed by atoms with van der Waals surface area (Å²) >= 11 is 1.73. The highest BCUT2D eigenvalue weighted by molar-refractivity contribution is 7.19. The molecule has 0 bridgehead atoms. The topological polar surface area (TPSA) is 49.3 Å². The first-order valence-electron chi connectivity index (χ1n) is 7.71. The third-order valence-corrected chi connectivity index (χ3v) is 5.04. The van der Waals surface area contributed by atoms with Gasteiger partial charge in [-0.05, 0) is 34.6 Å². The molecule has 3 nitrogen and oxygen atoms in total. The van der Waals surface area contributed by atoms with Crippen molar-refractivity contribution in [1.29, 1.82) is 0 Å². The SMILES string of the molecule is CCc1ccccc1-c1cccc2cc(CNCC(=O)O)sc12. The van der Waals surface area contributed by atoms with Crippen molar-refractivity contribution in [2.75, 3.05) is 6.54 Å². The number of thiophene rings is 1. The van der Waals surface area contributed by atoms with Gasteiger partial charge in [0.15, 0.2) is 0 Å². The highest BCUT2D eigenvalue weighted by Gasteiger charge is 2.10. The monoisotopic (exact) mass is 325 g/mol. The Bertz CT molecular complexity index is 838. The van der Waals surface area contributed by atoms with E-state index >= 15 is 0 Å². The van der Waals surface area contributed by atoms with Gasteiger partial charge in [0.25, 0.3) is 0 Å². The normalized spacial score (nSPS) is 11.0. The second-order valence-corrected chi connectivity index (χ2v) is 6.58. The fraction of sp³-hybridized carbons (Fsp3) is 0.211. The van der Waals surface area contributed by atoms with Gasteiger partial charge in [-0.2, -0.15) is 0 Å². The Balaban J connectivity index is 1.98. The third kappa shape index (κ3) is 3.44. The molecule has 3 aromatic rings. The van der Waals surface area contributed by atoms with Gasteiger partial charge < -0.3 is 10.4 Å². The summed E-state index contributed by atoms with van der Waals surface area (Å²) in [5.74, 6) is -0.830. The fourth-order valence-corrected chi connectivity index (χ4v) is 3.95. The van der Waals surface area contributed by atoms with Crippen molar-refractivity contribution in [1.82, 2.24) is 5.32 Å². The fourth-order valence-electron chi connectivity index (χ4n) is 2.80. The van der Waals surface area contributed by atoms with E-state index in [1.807, 2.05) is 0 Å². The summed E-state index contributed by atoms with van der Waals surface area (Å²) in [4.78, 5) is 11.8. The van der Waals surface area contributed by atoms with E-state index in [0.29, 0.717) is 6.54 Å². The molecule has 0 radical (unpaired) electrons. The average molecular weight is 325 g/mol. The lowest BCUT2D eigenvalue weighted by molar-refractivity contribution is -0.135. The number of rotatable bonds is 6. The van der Waals surface area contributed by atoms with E-state index in [1.54, 1.807) is 11.3 Å². The molecule has 0 amide bonds. The van der Waals surface area contributed by atoms with Crippen molar-refractivity contribution in [3.05, 3.63) is 59.0 Å². The number of nitrogens with one attached hydrogen (secondary N) is 1. The van der Waals surface area contributed by atoms with Crippen LogP contribution in [0.1, 0.15) is 17.4 Å². The Kier molecular flexibility index (Phi) is 4.74. The predicted octanol–water partition coefficient (Wildman–Crippen LogP) is 4.30. The molecule has 118 valence electrons. The molecule has 0 spiro atoms. The molecule has 0 saturated carbocycles. The first-order valence-corrected chi connectivity index (χ1v) is 8.53. The van der Waals surface area contributed by atoms with Crippen molar-refractivity contribution < 1.29 is 9.90 Å². The maximum absolute atomic E-state index is 10.6. The van der Waals surface area contributed by atoms with Crippen LogP contribution in [0.4, 0.5) is 0 Å². The number of carboxylic acid groups (broad SMARTS) is 1. The number of hydrogen-bond acceptors (Lipinski definition) is 3. The number of hydrogen-bond donors (Lipinski definition) is 2. The number of aryl methyl sites for hydroxylation is 1. The summed E-state index contributed by atoms with van der Waals surface area (Å²) in [7, 11) is 0. The molecule has 3 rings (SSSR count). The van der Waals surface area contributed by atoms with E-state index in [9.17, 15) is 4.79 Å². The molecule has 1 heterocycles. The van der Waals surface area contributed by atoms with E-state index in [4.69, 9.17) is 5.11 Å². The van der Waals surface area contributed by atoms with Crippen LogP contribution in [0.2, 0.25) is 0 Å². The van der Waals surface area contributed by atoms with Gasteiger partial charge >= 0.3 is 5.97 Å². The first kappa shape index (κ1) is 15.7. The van der Waals surface area contributed by atoms with Gasteiger partial charge in [0.2, 0.25) is 0 Å². The Labute approximate surface area is 139 Å². The summed E-state index contributed by atoms with van der Waals surface area (Å²) < 4.78 is 1.26. The third-order valence-electron chi connectivity index (χ3n) is 3.86. The van der Waals surface area contributed by atoms with Crippen LogP contribution in [0.3, 0.4) is 0 Å². The van der Waals surface area contributed by atoms with Crippen molar-refractivity contribution in [3.63, 3.8) is 0 Å². The Morgan fingerprint density at radius 2 is 1.91 bits per heavy atom.